The Labute approximate surface area is 88.0 Å². The van der Waals surface area contributed by atoms with Crippen LogP contribution in [0.4, 0.5) is 25.2 Å². The van der Waals surface area contributed by atoms with Gasteiger partial charge in [-0.15, -0.1) is 34.2 Å². The molecule has 14 heteroatoms. The van der Waals surface area contributed by atoms with Crippen LogP contribution in [-0.2, 0) is 0 Å². The topological polar surface area (TPSA) is 49.4 Å². The van der Waals surface area contributed by atoms with Crippen molar-refractivity contribution in [3.05, 3.63) is 0 Å². The fourth-order valence-corrected chi connectivity index (χ4v) is 9.00. The predicted molar refractivity (Wildman–Crippen MR) is 55.9 cm³/mol. The number of hydrogen-bond donors (Lipinski definition) is 0. The van der Waals surface area contributed by atoms with E-state index in [0.29, 0.717) is 0 Å². The first-order valence-corrected chi connectivity index (χ1v) is 10.5. The molecule has 0 unspecified atom stereocenters. The second-order valence-electron chi connectivity index (χ2n) is 3.06. The predicted octanol–water partition coefficient (Wildman–Crippen LogP) is 7.03. The van der Waals surface area contributed by atoms with Gasteiger partial charge in [-0.05, 0) is 13.3 Å². The molecule has 0 aromatic rings. The third-order valence-corrected chi connectivity index (χ3v) is 9.75. The van der Waals surface area contributed by atoms with Crippen molar-refractivity contribution in [3.8, 4) is 0 Å². The molecular formula is C2H6F6N4P4. The first-order chi connectivity index (χ1) is 6.83. The largest absolute Gasteiger partial charge is 0.425 e. The summed E-state index contributed by atoms with van der Waals surface area (Å²) in [6.45, 7) is 1.95. The SMILES string of the molecule is CP1(C)=NP(F)(F)=NP(F)(F)=NP(F)(F)=N1. The summed E-state index contributed by atoms with van der Waals surface area (Å²) in [4.78, 5) is 0. The van der Waals surface area contributed by atoms with Crippen molar-refractivity contribution in [2.75, 3.05) is 13.3 Å². The second-order valence-corrected chi connectivity index (χ2v) is 11.3. The van der Waals surface area contributed by atoms with E-state index in [9.17, 15) is 25.2 Å². The van der Waals surface area contributed by atoms with Crippen LogP contribution in [0, 0.1) is 0 Å². The minimum absolute atomic E-state index is 0.974. The zero-order valence-corrected chi connectivity index (χ0v) is 11.4. The van der Waals surface area contributed by atoms with E-state index in [2.05, 4.69) is 9.03 Å². The summed E-state index contributed by atoms with van der Waals surface area (Å²) in [7, 11) is -20.6. The van der Waals surface area contributed by atoms with Crippen LogP contribution in [0.5, 0.6) is 0 Å². The average Bonchev–Trinajstić information content (AvgIpc) is 1.67. The van der Waals surface area contributed by atoms with Crippen molar-refractivity contribution in [2.45, 2.75) is 0 Å². The van der Waals surface area contributed by atoms with Crippen molar-refractivity contribution in [1.82, 2.24) is 0 Å². The Morgan fingerprint density at radius 1 is 0.562 bits per heavy atom. The molecule has 1 aliphatic heterocycles. The summed E-state index contributed by atoms with van der Waals surface area (Å²) in [5, 5.41) is 0. The maximum absolute atomic E-state index is 12.9. The Morgan fingerprint density at radius 2 is 0.875 bits per heavy atom. The Hall–Kier alpha value is 0.500. The van der Waals surface area contributed by atoms with E-state index in [1.165, 1.54) is 0 Å². The second kappa shape index (κ2) is 4.01. The van der Waals surface area contributed by atoms with Crippen LogP contribution in [0.1, 0.15) is 0 Å². The van der Waals surface area contributed by atoms with E-state index < -0.39 is 30.7 Å². The van der Waals surface area contributed by atoms with Gasteiger partial charge in [0.05, 0.1) is 7.21 Å². The van der Waals surface area contributed by atoms with E-state index in [1.54, 1.807) is 0 Å². The quantitative estimate of drug-likeness (QED) is 0.339. The molecule has 1 aliphatic rings. The van der Waals surface area contributed by atoms with Crippen LogP contribution in [0.3, 0.4) is 0 Å². The molecule has 16 heavy (non-hydrogen) atoms. The van der Waals surface area contributed by atoms with Crippen LogP contribution < -0.4 is 0 Å². The van der Waals surface area contributed by atoms with Gasteiger partial charge in [0.2, 0.25) is 0 Å². The highest BCUT2D eigenvalue weighted by Gasteiger charge is 2.35. The van der Waals surface area contributed by atoms with Gasteiger partial charge in [-0.2, -0.15) is 9.03 Å². The van der Waals surface area contributed by atoms with Crippen LogP contribution >= 0.6 is 30.7 Å². The zero-order chi connectivity index (χ0) is 12.8. The molecule has 1 rings (SSSR count). The van der Waals surface area contributed by atoms with Crippen molar-refractivity contribution in [1.29, 1.82) is 0 Å². The maximum atomic E-state index is 12.9. The molecule has 0 aromatic heterocycles. The van der Waals surface area contributed by atoms with Crippen LogP contribution in [0.2, 0.25) is 0 Å². The third-order valence-electron chi connectivity index (χ3n) is 1.08. The number of halogens is 6. The van der Waals surface area contributed by atoms with Gasteiger partial charge in [0.1, 0.15) is 0 Å². The molecule has 0 amide bonds. The lowest BCUT2D eigenvalue weighted by atomic mass is 11.9. The average molecular weight is 324 g/mol. The number of nitrogens with zero attached hydrogens (tertiary/aromatic N) is 4. The fourth-order valence-electron chi connectivity index (χ4n) is 0.857. The molecule has 0 saturated heterocycles. The van der Waals surface area contributed by atoms with Gasteiger partial charge >= 0.3 is 23.5 Å². The van der Waals surface area contributed by atoms with Gasteiger partial charge in [0, 0.05) is 0 Å². The minimum Gasteiger partial charge on any atom is -0.185 e. The van der Waals surface area contributed by atoms with E-state index in [4.69, 9.17) is 0 Å². The first kappa shape index (κ1) is 14.6. The summed E-state index contributed by atoms with van der Waals surface area (Å²) in [6, 6.07) is 0. The molecule has 4 nitrogen and oxygen atoms in total. The summed E-state index contributed by atoms with van der Waals surface area (Å²) in [5.74, 6) is 0. The summed E-state index contributed by atoms with van der Waals surface area (Å²) < 4.78 is 85.9. The monoisotopic (exact) mass is 324 g/mol. The van der Waals surface area contributed by atoms with E-state index in [0.717, 1.165) is 13.3 Å². The van der Waals surface area contributed by atoms with Crippen LogP contribution in [0.15, 0.2) is 18.1 Å². The molecule has 0 aliphatic carbocycles. The first-order valence-electron chi connectivity index (χ1n) is 3.51. The van der Waals surface area contributed by atoms with Gasteiger partial charge in [-0.25, -0.2) is 0 Å². The van der Waals surface area contributed by atoms with Crippen LogP contribution in [-0.4, -0.2) is 13.3 Å². The zero-order valence-electron chi connectivity index (χ0n) is 7.85. The van der Waals surface area contributed by atoms with Gasteiger partial charge in [-0.1, -0.05) is 0 Å². The summed E-state index contributed by atoms with van der Waals surface area (Å²) in [6.07, 6.45) is 0. The molecule has 0 bridgehead atoms. The number of rotatable bonds is 0. The van der Waals surface area contributed by atoms with Crippen molar-refractivity contribution < 1.29 is 25.2 Å². The maximum Gasteiger partial charge on any atom is 0.425 e. The minimum atomic E-state index is -6.03. The van der Waals surface area contributed by atoms with E-state index >= 15 is 0 Å². The van der Waals surface area contributed by atoms with Crippen molar-refractivity contribution in [3.63, 3.8) is 0 Å². The third kappa shape index (κ3) is 4.40. The molecule has 96 valence electrons. The Morgan fingerprint density at radius 3 is 1.31 bits per heavy atom. The standard InChI is InChI=1S/C2H6F6N4P4/c1-13(2)9-14(3,4)11-16(7,8)12-15(5,6)10-13/h1-2H3. The van der Waals surface area contributed by atoms with E-state index in [-0.39, 0.29) is 0 Å². The van der Waals surface area contributed by atoms with E-state index in [1.807, 2.05) is 9.03 Å². The summed E-state index contributed by atoms with van der Waals surface area (Å²) in [5.41, 5.74) is 0. The molecule has 0 atom stereocenters. The summed E-state index contributed by atoms with van der Waals surface area (Å²) >= 11 is 0. The molecular weight excluding hydrogens is 318 g/mol. The lowest BCUT2D eigenvalue weighted by Gasteiger charge is -2.14. The van der Waals surface area contributed by atoms with Crippen molar-refractivity contribution in [2.24, 2.45) is 18.1 Å². The number of hydrogen-bond acceptors (Lipinski definition) is 4. The normalized spacial score (nSPS) is 29.5. The molecule has 0 aromatic carbocycles. The van der Waals surface area contributed by atoms with Gasteiger partial charge in [0.25, 0.3) is 0 Å². The molecule has 0 N–H and O–H groups in total. The lowest BCUT2D eigenvalue weighted by Crippen LogP contribution is -1.72. The Bertz CT molecular complexity index is 393. The van der Waals surface area contributed by atoms with Crippen molar-refractivity contribution >= 4 is 30.7 Å². The Kier molecular flexibility index (Phi) is 3.65. The highest BCUT2D eigenvalue weighted by atomic mass is 31.3. The Balaban J connectivity index is 3.67. The van der Waals surface area contributed by atoms with Gasteiger partial charge < -0.3 is 0 Å². The van der Waals surface area contributed by atoms with Gasteiger partial charge in [-0.3, -0.25) is 0 Å². The molecule has 0 saturated carbocycles. The lowest BCUT2D eigenvalue weighted by molar-refractivity contribution is 0.693. The highest BCUT2D eigenvalue weighted by Crippen LogP contribution is 2.80. The fraction of sp³-hybridized carbons (Fsp3) is 1.00. The molecule has 0 radical (unpaired) electrons. The molecule has 0 fully saturated rings. The van der Waals surface area contributed by atoms with Gasteiger partial charge in [0.15, 0.2) is 0 Å². The smallest absolute Gasteiger partial charge is 0.185 e. The highest BCUT2D eigenvalue weighted by molar-refractivity contribution is 7.80. The molecule has 1 heterocycles. The van der Waals surface area contributed by atoms with Crippen LogP contribution in [0.25, 0.3) is 0 Å². The molecule has 0 spiro atoms.